The molecule has 0 saturated heterocycles. The van der Waals surface area contributed by atoms with Crippen molar-refractivity contribution in [1.82, 2.24) is 10.2 Å². The number of nitrogens with zero attached hydrogens (tertiary/aromatic N) is 1. The van der Waals surface area contributed by atoms with E-state index in [1.165, 1.54) is 6.07 Å². The van der Waals surface area contributed by atoms with E-state index in [-0.39, 0.29) is 5.82 Å². The first-order valence-electron chi connectivity index (χ1n) is 4.48. The number of aromatic nitrogens is 2. The van der Waals surface area contributed by atoms with Gasteiger partial charge in [-0.15, -0.1) is 0 Å². The van der Waals surface area contributed by atoms with Crippen molar-refractivity contribution in [1.29, 1.82) is 0 Å². The van der Waals surface area contributed by atoms with Crippen LogP contribution in [0.5, 0.6) is 0 Å². The molecule has 0 aliphatic carbocycles. The van der Waals surface area contributed by atoms with Crippen molar-refractivity contribution in [2.45, 2.75) is 20.8 Å². The molecule has 14 heavy (non-hydrogen) atoms. The topological polar surface area (TPSA) is 28.7 Å². The summed E-state index contributed by atoms with van der Waals surface area (Å²) in [7, 11) is 0. The number of hydrogen-bond donors (Lipinski definition) is 1. The van der Waals surface area contributed by atoms with Crippen LogP contribution in [0.4, 0.5) is 4.39 Å². The Hall–Kier alpha value is -0.900. The summed E-state index contributed by atoms with van der Waals surface area (Å²) in [6.07, 6.45) is 0. The minimum atomic E-state index is -0.302. The van der Waals surface area contributed by atoms with Gasteiger partial charge in [0.25, 0.3) is 0 Å². The molecule has 0 saturated carbocycles. The number of nitrogens with one attached hydrogen (secondary N) is 1. The fraction of sp³-hybridized carbons (Fsp3) is 0.300. The zero-order chi connectivity index (χ0) is 10.7. The van der Waals surface area contributed by atoms with Gasteiger partial charge >= 0.3 is 0 Å². The van der Waals surface area contributed by atoms with Gasteiger partial charge in [0.1, 0.15) is 5.52 Å². The molecule has 0 spiro atoms. The molecule has 76 valence electrons. The first kappa shape index (κ1) is 11.2. The molecule has 1 N–H and O–H groups in total. The van der Waals surface area contributed by atoms with E-state index in [1.807, 2.05) is 26.8 Å². The molecule has 2 aromatic rings. The predicted molar refractivity (Wildman–Crippen MR) is 59.8 cm³/mol. The third kappa shape index (κ3) is 1.95. The average molecular weight is 259 g/mol. The lowest BCUT2D eigenvalue weighted by Gasteiger charge is -1.93. The van der Waals surface area contributed by atoms with Crippen LogP contribution in [0.15, 0.2) is 16.6 Å². The van der Waals surface area contributed by atoms with Crippen LogP contribution in [-0.2, 0) is 0 Å². The minimum absolute atomic E-state index is 0.302. The van der Waals surface area contributed by atoms with Gasteiger partial charge in [0.2, 0.25) is 0 Å². The van der Waals surface area contributed by atoms with Gasteiger partial charge in [-0.25, -0.2) is 4.39 Å². The van der Waals surface area contributed by atoms with Crippen molar-refractivity contribution in [3.8, 4) is 0 Å². The van der Waals surface area contributed by atoms with Gasteiger partial charge in [0.15, 0.2) is 5.82 Å². The molecular formula is C10H12BrFN2. The molecule has 0 atom stereocenters. The molecule has 0 unspecified atom stereocenters. The van der Waals surface area contributed by atoms with Gasteiger partial charge in [-0.3, -0.25) is 5.10 Å². The highest BCUT2D eigenvalue weighted by Crippen LogP contribution is 2.23. The lowest BCUT2D eigenvalue weighted by atomic mass is 10.2. The summed E-state index contributed by atoms with van der Waals surface area (Å²) < 4.78 is 13.9. The summed E-state index contributed by atoms with van der Waals surface area (Å²) in [5.74, 6) is -0.302. The monoisotopic (exact) mass is 258 g/mol. The van der Waals surface area contributed by atoms with Crippen LogP contribution in [0.1, 0.15) is 19.5 Å². The first-order chi connectivity index (χ1) is 6.68. The molecule has 0 aliphatic rings. The van der Waals surface area contributed by atoms with Crippen molar-refractivity contribution in [3.05, 3.63) is 28.1 Å². The number of H-pyrrole nitrogens is 1. The molecular weight excluding hydrogens is 247 g/mol. The largest absolute Gasteiger partial charge is 0.282 e. The van der Waals surface area contributed by atoms with E-state index < -0.39 is 0 Å². The van der Waals surface area contributed by atoms with Crippen molar-refractivity contribution in [2.24, 2.45) is 0 Å². The summed E-state index contributed by atoms with van der Waals surface area (Å²) in [5, 5.41) is 7.39. The summed E-state index contributed by atoms with van der Waals surface area (Å²) in [6.45, 7) is 5.86. The van der Waals surface area contributed by atoms with Crippen LogP contribution in [0.3, 0.4) is 0 Å². The zero-order valence-corrected chi connectivity index (χ0v) is 9.94. The van der Waals surface area contributed by atoms with Gasteiger partial charge in [0.05, 0.1) is 0 Å². The third-order valence-electron chi connectivity index (χ3n) is 1.77. The number of aryl methyl sites for hydroxylation is 1. The molecule has 1 aromatic heterocycles. The van der Waals surface area contributed by atoms with Gasteiger partial charge in [-0.1, -0.05) is 29.8 Å². The predicted octanol–water partition coefficient (Wildman–Crippen LogP) is 3.80. The Labute approximate surface area is 90.6 Å². The Kier molecular flexibility index (Phi) is 3.63. The van der Waals surface area contributed by atoms with E-state index in [4.69, 9.17) is 0 Å². The molecule has 1 heterocycles. The van der Waals surface area contributed by atoms with Crippen LogP contribution in [-0.4, -0.2) is 10.2 Å². The first-order valence-corrected chi connectivity index (χ1v) is 5.27. The van der Waals surface area contributed by atoms with E-state index in [2.05, 4.69) is 26.1 Å². The fourth-order valence-electron chi connectivity index (χ4n) is 1.17. The average Bonchev–Trinajstić information content (AvgIpc) is 2.52. The second-order valence-corrected chi connectivity index (χ2v) is 3.55. The highest BCUT2D eigenvalue weighted by Gasteiger charge is 2.07. The second-order valence-electron chi connectivity index (χ2n) is 2.63. The summed E-state index contributed by atoms with van der Waals surface area (Å²) in [5.41, 5.74) is 1.28. The lowest BCUT2D eigenvalue weighted by molar-refractivity contribution is 0.635. The van der Waals surface area contributed by atoms with Crippen LogP contribution < -0.4 is 0 Å². The maximum atomic E-state index is 13.1. The molecule has 0 fully saturated rings. The summed E-state index contributed by atoms with van der Waals surface area (Å²) in [4.78, 5) is 0. The number of benzene rings is 1. The van der Waals surface area contributed by atoms with Crippen molar-refractivity contribution >= 4 is 26.8 Å². The Balaban J connectivity index is 0.000000461. The minimum Gasteiger partial charge on any atom is -0.282 e. The summed E-state index contributed by atoms with van der Waals surface area (Å²) >= 11 is 3.22. The number of rotatable bonds is 0. The maximum absolute atomic E-state index is 13.1. The molecule has 2 nitrogen and oxygen atoms in total. The SMILES string of the molecule is CC.Cc1[nH]nc2c(F)cc(Br)cc12. The molecule has 0 aliphatic heterocycles. The van der Waals surface area contributed by atoms with E-state index in [1.54, 1.807) is 0 Å². The number of fused-ring (bicyclic) bond motifs is 1. The summed E-state index contributed by atoms with van der Waals surface area (Å²) in [6, 6.07) is 3.25. The molecule has 2 rings (SSSR count). The van der Waals surface area contributed by atoms with Crippen molar-refractivity contribution < 1.29 is 4.39 Å². The van der Waals surface area contributed by atoms with Crippen LogP contribution in [0.2, 0.25) is 0 Å². The van der Waals surface area contributed by atoms with Crippen LogP contribution in [0, 0.1) is 12.7 Å². The highest BCUT2D eigenvalue weighted by molar-refractivity contribution is 9.10. The second kappa shape index (κ2) is 4.55. The number of hydrogen-bond acceptors (Lipinski definition) is 1. The van der Waals surface area contributed by atoms with Gasteiger partial charge < -0.3 is 0 Å². The van der Waals surface area contributed by atoms with Crippen molar-refractivity contribution in [3.63, 3.8) is 0 Å². The maximum Gasteiger partial charge on any atom is 0.152 e. The third-order valence-corrected chi connectivity index (χ3v) is 2.23. The van der Waals surface area contributed by atoms with Gasteiger partial charge in [0, 0.05) is 15.6 Å². The molecule has 0 bridgehead atoms. The van der Waals surface area contributed by atoms with Crippen LogP contribution in [0.25, 0.3) is 10.9 Å². The smallest absolute Gasteiger partial charge is 0.152 e. The van der Waals surface area contributed by atoms with Crippen molar-refractivity contribution in [2.75, 3.05) is 0 Å². The van der Waals surface area contributed by atoms with Gasteiger partial charge in [-0.2, -0.15) is 5.10 Å². The van der Waals surface area contributed by atoms with E-state index in [0.29, 0.717) is 5.52 Å². The molecule has 1 aromatic carbocycles. The lowest BCUT2D eigenvalue weighted by Crippen LogP contribution is -1.77. The normalized spacial score (nSPS) is 9.79. The van der Waals surface area contributed by atoms with E-state index >= 15 is 0 Å². The number of halogens is 2. The Bertz CT molecular complexity index is 437. The molecule has 0 amide bonds. The molecule has 4 heteroatoms. The van der Waals surface area contributed by atoms with E-state index in [9.17, 15) is 4.39 Å². The Morgan fingerprint density at radius 3 is 2.64 bits per heavy atom. The van der Waals surface area contributed by atoms with E-state index in [0.717, 1.165) is 15.6 Å². The zero-order valence-electron chi connectivity index (χ0n) is 8.36. The van der Waals surface area contributed by atoms with Crippen LogP contribution >= 0.6 is 15.9 Å². The van der Waals surface area contributed by atoms with Gasteiger partial charge in [-0.05, 0) is 19.1 Å². The Morgan fingerprint density at radius 2 is 2.00 bits per heavy atom. The Morgan fingerprint density at radius 1 is 1.36 bits per heavy atom. The standard InChI is InChI=1S/C8H6BrFN2.C2H6/c1-4-6-2-5(9)3-7(10)8(6)12-11-4;1-2/h2-3H,1H3,(H,11,12);1-2H3. The fourth-order valence-corrected chi connectivity index (χ4v) is 1.60. The number of aromatic amines is 1. The highest BCUT2D eigenvalue weighted by atomic mass is 79.9. The molecule has 0 radical (unpaired) electrons. The quantitative estimate of drug-likeness (QED) is 0.765.